The van der Waals surface area contributed by atoms with Crippen molar-refractivity contribution in [1.29, 1.82) is 0 Å². The van der Waals surface area contributed by atoms with Crippen molar-refractivity contribution in [2.45, 2.75) is 12.8 Å². The molecule has 1 amide bonds. The number of hydrogen-bond acceptors (Lipinski definition) is 4. The Kier molecular flexibility index (Phi) is 4.48. The molecule has 0 unspecified atom stereocenters. The highest BCUT2D eigenvalue weighted by atomic mass is 16.2. The highest BCUT2D eigenvalue weighted by molar-refractivity contribution is 5.90. The Morgan fingerprint density at radius 2 is 1.95 bits per heavy atom. The normalized spacial score (nSPS) is 17.4. The minimum atomic E-state index is -0.0618. The molecular formula is C16H21N5O. The van der Waals surface area contributed by atoms with Crippen LogP contribution in [-0.4, -0.2) is 63.6 Å². The molecule has 1 fully saturated rings. The Bertz CT molecular complexity index is 590. The molecule has 3 rings (SSSR count). The summed E-state index contributed by atoms with van der Waals surface area (Å²) in [6.45, 7) is 6.55. The average molecular weight is 299 g/mol. The van der Waals surface area contributed by atoms with Crippen LogP contribution in [-0.2, 0) is 0 Å². The van der Waals surface area contributed by atoms with Gasteiger partial charge >= 0.3 is 0 Å². The van der Waals surface area contributed by atoms with Crippen LogP contribution in [0.4, 0.5) is 0 Å². The molecular weight excluding hydrogens is 278 g/mol. The number of nitrogens with one attached hydrogen (secondary N) is 1. The smallest absolute Gasteiger partial charge is 0.291 e. The lowest BCUT2D eigenvalue weighted by Gasteiger charge is -2.35. The van der Waals surface area contributed by atoms with Gasteiger partial charge in [0.2, 0.25) is 5.82 Å². The Labute approximate surface area is 130 Å². The van der Waals surface area contributed by atoms with Gasteiger partial charge < -0.3 is 4.90 Å². The van der Waals surface area contributed by atoms with E-state index in [2.05, 4.69) is 51.3 Å². The topological polar surface area (TPSA) is 65.1 Å². The van der Waals surface area contributed by atoms with E-state index in [1.807, 2.05) is 11.0 Å². The van der Waals surface area contributed by atoms with E-state index >= 15 is 0 Å². The Hall–Kier alpha value is -2.21. The summed E-state index contributed by atoms with van der Waals surface area (Å²) in [5, 5.41) is 6.37. The first-order valence-electron chi connectivity index (χ1n) is 7.66. The number of benzene rings is 1. The number of carbonyl (C=O) groups excluding carboxylic acids is 1. The number of carbonyl (C=O) groups is 1. The molecule has 0 bridgehead atoms. The van der Waals surface area contributed by atoms with E-state index in [-0.39, 0.29) is 5.91 Å². The third kappa shape index (κ3) is 3.33. The molecule has 116 valence electrons. The second-order valence-electron chi connectivity index (χ2n) is 5.74. The molecule has 1 aromatic heterocycles. The number of nitrogens with zero attached hydrogens (tertiary/aromatic N) is 4. The zero-order valence-corrected chi connectivity index (χ0v) is 12.8. The summed E-state index contributed by atoms with van der Waals surface area (Å²) >= 11 is 0. The lowest BCUT2D eigenvalue weighted by atomic mass is 10.0. The first kappa shape index (κ1) is 14.7. The molecule has 2 heterocycles. The maximum Gasteiger partial charge on any atom is 0.291 e. The van der Waals surface area contributed by atoms with E-state index in [4.69, 9.17) is 0 Å². The Morgan fingerprint density at radius 1 is 1.23 bits per heavy atom. The number of amides is 1. The molecule has 1 aromatic carbocycles. The molecule has 1 saturated heterocycles. The molecule has 1 N–H and O–H groups in total. The first-order valence-corrected chi connectivity index (χ1v) is 7.66. The lowest BCUT2D eigenvalue weighted by molar-refractivity contribution is 0.0620. The van der Waals surface area contributed by atoms with Gasteiger partial charge in [-0.2, -0.15) is 5.10 Å². The lowest BCUT2D eigenvalue weighted by Crippen LogP contribution is -2.49. The highest BCUT2D eigenvalue weighted by Gasteiger charge is 2.24. The molecule has 1 aliphatic rings. The van der Waals surface area contributed by atoms with Crippen molar-refractivity contribution in [2.75, 3.05) is 32.7 Å². The second kappa shape index (κ2) is 6.70. The van der Waals surface area contributed by atoms with Crippen molar-refractivity contribution in [3.63, 3.8) is 0 Å². The SMILES string of the molecule is C[C@H](CN1CCN(C(=O)c2ncn[nH]2)CC1)c1ccccc1. The summed E-state index contributed by atoms with van der Waals surface area (Å²) in [7, 11) is 0. The van der Waals surface area contributed by atoms with Gasteiger partial charge in [-0.3, -0.25) is 14.8 Å². The van der Waals surface area contributed by atoms with Gasteiger partial charge in [-0.1, -0.05) is 37.3 Å². The van der Waals surface area contributed by atoms with Gasteiger partial charge in [-0.15, -0.1) is 0 Å². The average Bonchev–Trinajstić information content (AvgIpc) is 3.10. The van der Waals surface area contributed by atoms with E-state index in [1.54, 1.807) is 0 Å². The number of rotatable bonds is 4. The zero-order valence-electron chi connectivity index (χ0n) is 12.8. The number of aromatic nitrogens is 3. The fraction of sp³-hybridized carbons (Fsp3) is 0.438. The monoisotopic (exact) mass is 299 g/mol. The van der Waals surface area contributed by atoms with Crippen LogP contribution < -0.4 is 0 Å². The molecule has 22 heavy (non-hydrogen) atoms. The van der Waals surface area contributed by atoms with Gasteiger partial charge in [0.15, 0.2) is 0 Å². The number of piperazine rings is 1. The fourth-order valence-corrected chi connectivity index (χ4v) is 2.87. The second-order valence-corrected chi connectivity index (χ2v) is 5.74. The van der Waals surface area contributed by atoms with Gasteiger partial charge in [0.1, 0.15) is 6.33 Å². The van der Waals surface area contributed by atoms with E-state index in [0.29, 0.717) is 11.7 Å². The van der Waals surface area contributed by atoms with Crippen molar-refractivity contribution < 1.29 is 4.79 Å². The van der Waals surface area contributed by atoms with E-state index in [1.165, 1.54) is 11.9 Å². The van der Waals surface area contributed by atoms with Crippen LogP contribution >= 0.6 is 0 Å². The van der Waals surface area contributed by atoms with Gasteiger partial charge in [-0.25, -0.2) is 4.98 Å². The molecule has 6 nitrogen and oxygen atoms in total. The highest BCUT2D eigenvalue weighted by Crippen LogP contribution is 2.17. The third-order valence-electron chi connectivity index (χ3n) is 4.18. The van der Waals surface area contributed by atoms with Crippen molar-refractivity contribution in [3.05, 3.63) is 48.0 Å². The maximum atomic E-state index is 12.2. The maximum absolute atomic E-state index is 12.2. The first-order chi connectivity index (χ1) is 10.7. The summed E-state index contributed by atoms with van der Waals surface area (Å²) in [5.41, 5.74) is 1.36. The Balaban J connectivity index is 1.51. The third-order valence-corrected chi connectivity index (χ3v) is 4.18. The summed E-state index contributed by atoms with van der Waals surface area (Å²) < 4.78 is 0. The molecule has 1 aliphatic heterocycles. The zero-order chi connectivity index (χ0) is 15.4. The standard InChI is InChI=1S/C16H21N5O/c1-13(14-5-3-2-4-6-14)11-20-7-9-21(10-8-20)16(22)15-17-12-18-19-15/h2-6,12-13H,7-11H2,1H3,(H,17,18,19)/t13-/m1/s1. The summed E-state index contributed by atoms with van der Waals surface area (Å²) in [6.07, 6.45) is 1.37. The van der Waals surface area contributed by atoms with Gasteiger partial charge in [0.05, 0.1) is 0 Å². The van der Waals surface area contributed by atoms with E-state index in [9.17, 15) is 4.79 Å². The fourth-order valence-electron chi connectivity index (χ4n) is 2.87. The molecule has 0 saturated carbocycles. The van der Waals surface area contributed by atoms with Crippen LogP contribution in [0.15, 0.2) is 36.7 Å². The van der Waals surface area contributed by atoms with Crippen molar-refractivity contribution in [1.82, 2.24) is 25.0 Å². The van der Waals surface area contributed by atoms with Crippen LogP contribution in [0.1, 0.15) is 29.0 Å². The van der Waals surface area contributed by atoms with E-state index in [0.717, 1.165) is 32.7 Å². The van der Waals surface area contributed by atoms with Crippen molar-refractivity contribution in [2.24, 2.45) is 0 Å². The number of aromatic amines is 1. The van der Waals surface area contributed by atoms with Gasteiger partial charge in [-0.05, 0) is 11.5 Å². The van der Waals surface area contributed by atoms with Crippen molar-refractivity contribution in [3.8, 4) is 0 Å². The Morgan fingerprint density at radius 3 is 2.59 bits per heavy atom. The number of hydrogen-bond donors (Lipinski definition) is 1. The minimum Gasteiger partial charge on any atom is -0.333 e. The van der Waals surface area contributed by atoms with Crippen molar-refractivity contribution >= 4 is 5.91 Å². The largest absolute Gasteiger partial charge is 0.333 e. The number of H-pyrrole nitrogens is 1. The molecule has 2 aromatic rings. The summed E-state index contributed by atoms with van der Waals surface area (Å²) in [5.74, 6) is 0.761. The summed E-state index contributed by atoms with van der Waals surface area (Å²) in [6, 6.07) is 10.6. The van der Waals surface area contributed by atoms with E-state index < -0.39 is 0 Å². The quantitative estimate of drug-likeness (QED) is 0.926. The molecule has 0 aliphatic carbocycles. The van der Waals surface area contributed by atoms with Crippen LogP contribution in [0.3, 0.4) is 0 Å². The van der Waals surface area contributed by atoms with Crippen LogP contribution in [0.2, 0.25) is 0 Å². The molecule has 1 atom stereocenters. The molecule has 6 heteroatoms. The predicted octanol–water partition coefficient (Wildman–Crippen LogP) is 1.37. The van der Waals surface area contributed by atoms with Crippen LogP contribution in [0, 0.1) is 0 Å². The van der Waals surface area contributed by atoms with Crippen LogP contribution in [0.25, 0.3) is 0 Å². The van der Waals surface area contributed by atoms with Crippen LogP contribution in [0.5, 0.6) is 0 Å². The van der Waals surface area contributed by atoms with Gasteiger partial charge in [0.25, 0.3) is 5.91 Å². The molecule has 0 spiro atoms. The molecule has 0 radical (unpaired) electrons. The summed E-state index contributed by atoms with van der Waals surface area (Å²) in [4.78, 5) is 20.4. The van der Waals surface area contributed by atoms with Gasteiger partial charge in [0, 0.05) is 32.7 Å². The predicted molar refractivity (Wildman–Crippen MR) is 83.6 cm³/mol. The minimum absolute atomic E-state index is 0.0618.